The Morgan fingerprint density at radius 1 is 1.47 bits per heavy atom. The van der Waals surface area contributed by atoms with Crippen LogP contribution in [-0.2, 0) is 4.79 Å². The summed E-state index contributed by atoms with van der Waals surface area (Å²) in [5.74, 6) is -1.25. The standard InChI is InChI=1S/C12H15F3N2O2/c1-7(8-3-2-4-9(16)5-8)11(19)17-6-10(18)12(13,14)15/h2-5,7,10,18H,6,16H2,1H3,(H,17,19). The van der Waals surface area contributed by atoms with E-state index in [2.05, 4.69) is 5.32 Å². The minimum atomic E-state index is -4.74. The number of carbonyl (C=O) groups is 1. The van der Waals surface area contributed by atoms with Crippen LogP contribution < -0.4 is 11.1 Å². The largest absolute Gasteiger partial charge is 0.416 e. The summed E-state index contributed by atoms with van der Waals surface area (Å²) >= 11 is 0. The Kier molecular flexibility index (Phi) is 4.77. The Bertz CT molecular complexity index is 449. The number of hydrogen-bond acceptors (Lipinski definition) is 3. The highest BCUT2D eigenvalue weighted by molar-refractivity contribution is 5.83. The van der Waals surface area contributed by atoms with E-state index in [0.717, 1.165) is 0 Å². The van der Waals surface area contributed by atoms with Crippen LogP contribution in [0.5, 0.6) is 0 Å². The van der Waals surface area contributed by atoms with E-state index >= 15 is 0 Å². The van der Waals surface area contributed by atoms with Gasteiger partial charge in [-0.25, -0.2) is 0 Å². The van der Waals surface area contributed by atoms with Crippen LogP contribution in [0.4, 0.5) is 18.9 Å². The van der Waals surface area contributed by atoms with Crippen molar-refractivity contribution in [1.29, 1.82) is 0 Å². The zero-order chi connectivity index (χ0) is 14.6. The number of nitrogen functional groups attached to an aromatic ring is 1. The predicted octanol–water partition coefficient (Wildman–Crippen LogP) is 1.41. The van der Waals surface area contributed by atoms with Crippen molar-refractivity contribution >= 4 is 11.6 Å². The average Bonchev–Trinajstić information content (AvgIpc) is 2.33. The second kappa shape index (κ2) is 5.92. The Morgan fingerprint density at radius 3 is 2.63 bits per heavy atom. The molecule has 0 aromatic heterocycles. The number of nitrogens with two attached hydrogens (primary N) is 1. The van der Waals surface area contributed by atoms with Gasteiger partial charge in [-0.15, -0.1) is 0 Å². The number of aliphatic hydroxyl groups excluding tert-OH is 1. The van der Waals surface area contributed by atoms with E-state index in [4.69, 9.17) is 10.8 Å². The van der Waals surface area contributed by atoms with Gasteiger partial charge in [0.2, 0.25) is 5.91 Å². The van der Waals surface area contributed by atoms with Gasteiger partial charge in [0.15, 0.2) is 6.10 Å². The lowest BCUT2D eigenvalue weighted by Crippen LogP contribution is -2.41. The molecule has 19 heavy (non-hydrogen) atoms. The lowest BCUT2D eigenvalue weighted by Gasteiger charge is -2.17. The van der Waals surface area contributed by atoms with Gasteiger partial charge in [-0.05, 0) is 24.6 Å². The van der Waals surface area contributed by atoms with Crippen LogP contribution in [0.3, 0.4) is 0 Å². The molecule has 0 spiro atoms. The van der Waals surface area contributed by atoms with Crippen molar-refractivity contribution < 1.29 is 23.1 Å². The lowest BCUT2D eigenvalue weighted by atomic mass is 10.00. The van der Waals surface area contributed by atoms with Crippen LogP contribution in [0.25, 0.3) is 0 Å². The van der Waals surface area contributed by atoms with Gasteiger partial charge in [0.25, 0.3) is 0 Å². The molecule has 0 aliphatic rings. The first-order chi connectivity index (χ1) is 8.71. The number of alkyl halides is 3. The zero-order valence-electron chi connectivity index (χ0n) is 10.2. The molecule has 0 radical (unpaired) electrons. The first-order valence-corrected chi connectivity index (χ1v) is 5.59. The third kappa shape index (κ3) is 4.44. The summed E-state index contributed by atoms with van der Waals surface area (Å²) < 4.78 is 36.2. The molecule has 2 unspecified atom stereocenters. The number of anilines is 1. The Hall–Kier alpha value is -1.76. The third-order valence-electron chi connectivity index (χ3n) is 2.65. The smallest absolute Gasteiger partial charge is 0.399 e. The minimum Gasteiger partial charge on any atom is -0.399 e. The molecule has 0 heterocycles. The fourth-order valence-corrected chi connectivity index (χ4v) is 1.45. The molecule has 0 saturated heterocycles. The molecular formula is C12H15F3N2O2. The van der Waals surface area contributed by atoms with Crippen molar-refractivity contribution in [2.24, 2.45) is 0 Å². The van der Waals surface area contributed by atoms with Crippen LogP contribution in [0.1, 0.15) is 18.4 Å². The summed E-state index contributed by atoms with van der Waals surface area (Å²) in [6.45, 7) is 0.680. The number of amides is 1. The molecule has 1 rings (SSSR count). The van der Waals surface area contributed by atoms with Crippen LogP contribution >= 0.6 is 0 Å². The molecule has 0 aliphatic heterocycles. The van der Waals surface area contributed by atoms with Crippen molar-refractivity contribution in [1.82, 2.24) is 5.32 Å². The molecule has 1 aromatic rings. The molecule has 0 bridgehead atoms. The number of aliphatic hydroxyl groups is 1. The SMILES string of the molecule is CC(C(=O)NCC(O)C(F)(F)F)c1cccc(N)c1. The summed E-state index contributed by atoms with van der Waals surface area (Å²) in [6, 6.07) is 6.52. The Labute approximate surface area is 108 Å². The van der Waals surface area contributed by atoms with Gasteiger partial charge >= 0.3 is 6.18 Å². The maximum atomic E-state index is 12.1. The van der Waals surface area contributed by atoms with Crippen molar-refractivity contribution in [2.75, 3.05) is 12.3 Å². The van der Waals surface area contributed by atoms with Gasteiger partial charge < -0.3 is 16.2 Å². The van der Waals surface area contributed by atoms with Crippen LogP contribution in [-0.4, -0.2) is 29.8 Å². The summed E-state index contributed by atoms with van der Waals surface area (Å²) in [4.78, 5) is 11.7. The molecule has 7 heteroatoms. The summed E-state index contributed by atoms with van der Waals surface area (Å²) in [5, 5.41) is 10.8. The highest BCUT2D eigenvalue weighted by Crippen LogP contribution is 2.20. The summed E-state index contributed by atoms with van der Waals surface area (Å²) in [7, 11) is 0. The van der Waals surface area contributed by atoms with E-state index in [1.807, 2.05) is 0 Å². The topological polar surface area (TPSA) is 75.3 Å². The quantitative estimate of drug-likeness (QED) is 0.728. The van der Waals surface area contributed by atoms with Gasteiger partial charge in [-0.3, -0.25) is 4.79 Å². The molecular weight excluding hydrogens is 261 g/mol. The van der Waals surface area contributed by atoms with E-state index in [-0.39, 0.29) is 0 Å². The second-order valence-electron chi connectivity index (χ2n) is 4.19. The number of carbonyl (C=O) groups excluding carboxylic acids is 1. The fourth-order valence-electron chi connectivity index (χ4n) is 1.45. The molecule has 1 aromatic carbocycles. The van der Waals surface area contributed by atoms with Gasteiger partial charge in [0, 0.05) is 5.69 Å². The fraction of sp³-hybridized carbons (Fsp3) is 0.417. The Balaban J connectivity index is 2.59. The molecule has 1 amide bonds. The van der Waals surface area contributed by atoms with Gasteiger partial charge in [-0.1, -0.05) is 12.1 Å². The highest BCUT2D eigenvalue weighted by atomic mass is 19.4. The molecule has 0 saturated carbocycles. The van der Waals surface area contributed by atoms with E-state index in [0.29, 0.717) is 11.3 Å². The molecule has 106 valence electrons. The van der Waals surface area contributed by atoms with Gasteiger partial charge in [0.1, 0.15) is 0 Å². The van der Waals surface area contributed by atoms with Crippen molar-refractivity contribution in [3.05, 3.63) is 29.8 Å². The van der Waals surface area contributed by atoms with Crippen LogP contribution in [0.15, 0.2) is 24.3 Å². The van der Waals surface area contributed by atoms with Crippen LogP contribution in [0, 0.1) is 0 Å². The maximum Gasteiger partial charge on any atom is 0.416 e. The molecule has 4 N–H and O–H groups in total. The second-order valence-corrected chi connectivity index (χ2v) is 4.19. The first-order valence-electron chi connectivity index (χ1n) is 5.59. The van der Waals surface area contributed by atoms with Gasteiger partial charge in [-0.2, -0.15) is 13.2 Å². The van der Waals surface area contributed by atoms with Gasteiger partial charge in [0.05, 0.1) is 12.5 Å². The monoisotopic (exact) mass is 276 g/mol. The summed E-state index contributed by atoms with van der Waals surface area (Å²) in [6.07, 6.45) is -7.31. The van der Waals surface area contributed by atoms with E-state index in [9.17, 15) is 18.0 Å². The van der Waals surface area contributed by atoms with E-state index in [1.165, 1.54) is 0 Å². The first kappa shape index (κ1) is 15.3. The number of hydrogen-bond donors (Lipinski definition) is 3. The molecule has 0 aliphatic carbocycles. The predicted molar refractivity (Wildman–Crippen MR) is 64.3 cm³/mol. The molecule has 4 nitrogen and oxygen atoms in total. The van der Waals surface area contributed by atoms with Crippen molar-refractivity contribution in [2.45, 2.75) is 25.1 Å². The molecule has 0 fully saturated rings. The van der Waals surface area contributed by atoms with E-state index in [1.54, 1.807) is 31.2 Å². The number of benzene rings is 1. The normalized spacial score (nSPS) is 14.8. The van der Waals surface area contributed by atoms with E-state index < -0.39 is 30.7 Å². The lowest BCUT2D eigenvalue weighted by molar-refractivity contribution is -0.201. The van der Waals surface area contributed by atoms with Crippen molar-refractivity contribution in [3.8, 4) is 0 Å². The number of halogens is 3. The zero-order valence-corrected chi connectivity index (χ0v) is 10.2. The van der Waals surface area contributed by atoms with Crippen LogP contribution in [0.2, 0.25) is 0 Å². The maximum absolute atomic E-state index is 12.1. The summed E-state index contributed by atoms with van der Waals surface area (Å²) in [5.41, 5.74) is 6.62. The Morgan fingerprint density at radius 2 is 2.11 bits per heavy atom. The minimum absolute atomic E-state index is 0.465. The average molecular weight is 276 g/mol. The number of nitrogens with one attached hydrogen (secondary N) is 1. The third-order valence-corrected chi connectivity index (χ3v) is 2.65. The highest BCUT2D eigenvalue weighted by Gasteiger charge is 2.38. The molecule has 2 atom stereocenters. The number of rotatable bonds is 4. The van der Waals surface area contributed by atoms with Crippen molar-refractivity contribution in [3.63, 3.8) is 0 Å².